The summed E-state index contributed by atoms with van der Waals surface area (Å²) in [5, 5.41) is 0. The molecule has 0 bridgehead atoms. The lowest BCUT2D eigenvalue weighted by molar-refractivity contribution is -0.229. The Morgan fingerprint density at radius 2 is 1.66 bits per heavy atom. The average Bonchev–Trinajstić information content (AvgIpc) is 2.76. The van der Waals surface area contributed by atoms with Gasteiger partial charge in [0.2, 0.25) is 5.95 Å². The van der Waals surface area contributed by atoms with Gasteiger partial charge in [-0.3, -0.25) is 0 Å². The van der Waals surface area contributed by atoms with E-state index in [0.717, 1.165) is 64.6 Å². The van der Waals surface area contributed by atoms with Crippen molar-refractivity contribution < 1.29 is 13.9 Å². The zero-order chi connectivity index (χ0) is 20.5. The van der Waals surface area contributed by atoms with Crippen molar-refractivity contribution in [2.24, 2.45) is 11.8 Å². The van der Waals surface area contributed by atoms with Gasteiger partial charge in [-0.15, -0.1) is 0 Å². The maximum Gasteiger partial charge on any atom is 0.219 e. The number of hydrogen-bond acceptors (Lipinski definition) is 4. The second-order valence-electron chi connectivity index (χ2n) is 9.01. The lowest BCUT2D eigenvalue weighted by atomic mass is 9.81. The zero-order valence-electron chi connectivity index (χ0n) is 18.4. The topological polar surface area (TPSA) is 44.2 Å². The van der Waals surface area contributed by atoms with E-state index in [1.165, 1.54) is 25.7 Å². The Balaban J connectivity index is 1.42. The van der Waals surface area contributed by atoms with Crippen LogP contribution in [0.25, 0.3) is 0 Å². The molecule has 1 aliphatic heterocycles. The van der Waals surface area contributed by atoms with Crippen molar-refractivity contribution in [3.05, 3.63) is 23.5 Å². The molecule has 164 valence electrons. The molecule has 2 aliphatic rings. The van der Waals surface area contributed by atoms with Crippen LogP contribution >= 0.6 is 0 Å². The molecule has 4 nitrogen and oxygen atoms in total. The van der Waals surface area contributed by atoms with Gasteiger partial charge >= 0.3 is 0 Å². The molecular formula is C24H39FN2O2. The normalized spacial score (nSPS) is 27.8. The maximum absolute atomic E-state index is 14.4. The highest BCUT2D eigenvalue weighted by Gasteiger charge is 2.33. The molecule has 0 radical (unpaired) electrons. The lowest BCUT2D eigenvalue weighted by Gasteiger charge is -2.37. The minimum absolute atomic E-state index is 0.0584. The van der Waals surface area contributed by atoms with E-state index in [1.54, 1.807) is 6.20 Å². The third-order valence-corrected chi connectivity index (χ3v) is 6.61. The van der Waals surface area contributed by atoms with E-state index in [0.29, 0.717) is 23.2 Å². The van der Waals surface area contributed by atoms with Crippen molar-refractivity contribution in [1.29, 1.82) is 0 Å². The monoisotopic (exact) mass is 406 g/mol. The molecule has 2 fully saturated rings. The molecule has 0 N–H and O–H groups in total. The van der Waals surface area contributed by atoms with E-state index < -0.39 is 0 Å². The fourth-order valence-corrected chi connectivity index (χ4v) is 4.66. The van der Waals surface area contributed by atoms with Crippen molar-refractivity contribution in [3.63, 3.8) is 0 Å². The van der Waals surface area contributed by atoms with E-state index in [9.17, 15) is 4.39 Å². The molecule has 0 aromatic carbocycles. The Labute approximate surface area is 176 Å². The second-order valence-corrected chi connectivity index (χ2v) is 9.01. The van der Waals surface area contributed by atoms with Crippen molar-refractivity contribution in [2.45, 2.75) is 103 Å². The third kappa shape index (κ3) is 6.71. The SMILES string of the molecule is CCCCCc1cnc(C2CCC([C@H]3OC[C@H](CCCCC)CO3)CC2)nc1F. The average molecular weight is 407 g/mol. The second kappa shape index (κ2) is 11.9. The highest BCUT2D eigenvalue weighted by molar-refractivity contribution is 5.10. The molecule has 1 aromatic rings. The van der Waals surface area contributed by atoms with Crippen LogP contribution in [0.4, 0.5) is 4.39 Å². The van der Waals surface area contributed by atoms with Crippen molar-refractivity contribution in [2.75, 3.05) is 13.2 Å². The van der Waals surface area contributed by atoms with E-state index in [1.807, 2.05) is 0 Å². The van der Waals surface area contributed by atoms with Gasteiger partial charge in [-0.1, -0.05) is 46.0 Å². The Bertz CT molecular complexity index is 597. The fourth-order valence-electron chi connectivity index (χ4n) is 4.66. The number of aromatic nitrogens is 2. The minimum Gasteiger partial charge on any atom is -0.352 e. The first-order chi connectivity index (χ1) is 14.2. The standard InChI is InChI=1S/C24H39FN2O2/c1-3-5-7-9-18-16-28-24(29-17-18)20-13-11-19(12-14-20)23-26-15-21(22(25)27-23)10-8-6-4-2/h15,18-20,24H,3-14,16-17H2,1-2H3/t18-,19?,20?,24-. The summed E-state index contributed by atoms with van der Waals surface area (Å²) in [6, 6.07) is 0. The zero-order valence-corrected chi connectivity index (χ0v) is 18.4. The number of rotatable bonds is 10. The summed E-state index contributed by atoms with van der Waals surface area (Å²) < 4.78 is 26.5. The van der Waals surface area contributed by atoms with Crippen molar-refractivity contribution in [3.8, 4) is 0 Å². The first-order valence-corrected chi connectivity index (χ1v) is 12.0. The van der Waals surface area contributed by atoms with E-state index >= 15 is 0 Å². The van der Waals surface area contributed by atoms with Crippen LogP contribution in [0.15, 0.2) is 6.20 Å². The number of halogens is 1. The summed E-state index contributed by atoms with van der Waals surface area (Å²) >= 11 is 0. The molecule has 0 spiro atoms. The van der Waals surface area contributed by atoms with Gasteiger partial charge in [0.25, 0.3) is 0 Å². The van der Waals surface area contributed by atoms with Gasteiger partial charge in [0, 0.05) is 29.5 Å². The van der Waals surface area contributed by atoms with E-state index in [4.69, 9.17) is 9.47 Å². The molecule has 0 atom stereocenters. The number of nitrogens with zero attached hydrogens (tertiary/aromatic N) is 2. The molecule has 1 saturated heterocycles. The van der Waals surface area contributed by atoms with Crippen LogP contribution in [0.3, 0.4) is 0 Å². The molecule has 2 heterocycles. The molecule has 0 amide bonds. The first kappa shape index (κ1) is 22.6. The van der Waals surface area contributed by atoms with E-state index in [-0.39, 0.29) is 18.2 Å². The quantitative estimate of drug-likeness (QED) is 0.343. The Morgan fingerprint density at radius 1 is 0.966 bits per heavy atom. The highest BCUT2D eigenvalue weighted by atomic mass is 19.1. The van der Waals surface area contributed by atoms with Gasteiger partial charge in [0.15, 0.2) is 6.29 Å². The van der Waals surface area contributed by atoms with Gasteiger partial charge in [-0.05, 0) is 44.9 Å². The van der Waals surface area contributed by atoms with Gasteiger partial charge < -0.3 is 9.47 Å². The number of ether oxygens (including phenoxy) is 2. The van der Waals surface area contributed by atoms with Crippen LogP contribution in [-0.4, -0.2) is 29.5 Å². The molecular weight excluding hydrogens is 367 g/mol. The summed E-state index contributed by atoms with van der Waals surface area (Å²) in [6.07, 6.45) is 14.8. The maximum atomic E-state index is 14.4. The molecule has 29 heavy (non-hydrogen) atoms. The van der Waals surface area contributed by atoms with Gasteiger partial charge in [-0.25, -0.2) is 9.97 Å². The van der Waals surface area contributed by atoms with Crippen LogP contribution in [0.1, 0.15) is 102 Å². The Kier molecular flexibility index (Phi) is 9.32. The molecule has 3 rings (SSSR count). The van der Waals surface area contributed by atoms with Crippen molar-refractivity contribution >= 4 is 0 Å². The fraction of sp³-hybridized carbons (Fsp3) is 0.833. The summed E-state index contributed by atoms with van der Waals surface area (Å²) in [7, 11) is 0. The van der Waals surface area contributed by atoms with Crippen LogP contribution in [-0.2, 0) is 15.9 Å². The largest absolute Gasteiger partial charge is 0.352 e. The Morgan fingerprint density at radius 3 is 2.31 bits per heavy atom. The van der Waals surface area contributed by atoms with Crippen LogP contribution in [0.2, 0.25) is 0 Å². The predicted molar refractivity (Wildman–Crippen MR) is 113 cm³/mol. The summed E-state index contributed by atoms with van der Waals surface area (Å²) in [6.45, 7) is 6.06. The molecule has 5 heteroatoms. The predicted octanol–water partition coefficient (Wildman–Crippen LogP) is 6.19. The smallest absolute Gasteiger partial charge is 0.219 e. The molecule has 1 aliphatic carbocycles. The summed E-state index contributed by atoms with van der Waals surface area (Å²) in [5.41, 5.74) is 0.661. The van der Waals surface area contributed by atoms with Crippen LogP contribution in [0, 0.1) is 17.8 Å². The number of unbranched alkanes of at least 4 members (excludes halogenated alkanes) is 4. The molecule has 0 unspecified atom stereocenters. The highest BCUT2D eigenvalue weighted by Crippen LogP contribution is 2.38. The number of aryl methyl sites for hydroxylation is 1. The summed E-state index contributed by atoms with van der Waals surface area (Å²) in [5.74, 6) is 1.63. The van der Waals surface area contributed by atoms with Crippen LogP contribution < -0.4 is 0 Å². The lowest BCUT2D eigenvalue weighted by Crippen LogP contribution is -2.38. The summed E-state index contributed by atoms with van der Waals surface area (Å²) in [4.78, 5) is 8.73. The van der Waals surface area contributed by atoms with Gasteiger partial charge in [0.05, 0.1) is 13.2 Å². The van der Waals surface area contributed by atoms with Crippen molar-refractivity contribution in [1.82, 2.24) is 9.97 Å². The van der Waals surface area contributed by atoms with Crippen LogP contribution in [0.5, 0.6) is 0 Å². The minimum atomic E-state index is -0.318. The Hall–Kier alpha value is -1.07. The number of hydrogen-bond donors (Lipinski definition) is 0. The van der Waals surface area contributed by atoms with Gasteiger partial charge in [0.1, 0.15) is 5.82 Å². The van der Waals surface area contributed by atoms with Gasteiger partial charge in [-0.2, -0.15) is 4.39 Å². The van der Waals surface area contributed by atoms with E-state index in [2.05, 4.69) is 23.8 Å². The third-order valence-electron chi connectivity index (χ3n) is 6.61. The first-order valence-electron chi connectivity index (χ1n) is 12.0. The molecule has 1 saturated carbocycles. The molecule has 1 aromatic heterocycles.